The third-order valence-corrected chi connectivity index (χ3v) is 4.54. The number of carbonyl (C=O) groups is 1. The first-order valence-electron chi connectivity index (χ1n) is 7.14. The van der Waals surface area contributed by atoms with Gasteiger partial charge in [-0.2, -0.15) is 0 Å². The minimum atomic E-state index is -0.119. The van der Waals surface area contributed by atoms with Crippen molar-refractivity contribution in [1.82, 2.24) is 20.3 Å². The molecule has 19 heavy (non-hydrogen) atoms. The minimum absolute atomic E-state index is 0.119. The largest absolute Gasteiger partial charge is 0.350 e. The topological polar surface area (TPSA) is 85.8 Å². The quantitative estimate of drug-likeness (QED) is 0.805. The van der Waals surface area contributed by atoms with Crippen molar-refractivity contribution in [3.05, 3.63) is 11.9 Å². The first-order valence-corrected chi connectivity index (χ1v) is 7.14. The monoisotopic (exact) mass is 263 g/mol. The molecule has 3 unspecified atom stereocenters. The zero-order chi connectivity index (χ0) is 13.2. The first-order chi connectivity index (χ1) is 9.26. The summed E-state index contributed by atoms with van der Waals surface area (Å²) in [5, 5.41) is 10.7. The molecule has 0 spiro atoms. The lowest BCUT2D eigenvalue weighted by molar-refractivity contribution is 0.0936. The molecule has 2 bridgehead atoms. The fraction of sp³-hybridized carbons (Fsp3) is 0.769. The van der Waals surface area contributed by atoms with Gasteiger partial charge in [0.25, 0.3) is 5.91 Å². The van der Waals surface area contributed by atoms with Crippen LogP contribution in [0.2, 0.25) is 0 Å². The second-order valence-electron chi connectivity index (χ2n) is 5.80. The maximum absolute atomic E-state index is 12.0. The zero-order valence-electron chi connectivity index (χ0n) is 11.1. The second-order valence-corrected chi connectivity index (χ2v) is 5.80. The number of nitrogens with one attached hydrogen (secondary N) is 1. The van der Waals surface area contributed by atoms with Crippen LogP contribution >= 0.6 is 0 Å². The van der Waals surface area contributed by atoms with E-state index in [0.717, 1.165) is 18.4 Å². The molecule has 3 atom stereocenters. The smallest absolute Gasteiger partial charge is 0.273 e. The van der Waals surface area contributed by atoms with Crippen LogP contribution in [0.5, 0.6) is 0 Å². The first kappa shape index (κ1) is 12.6. The van der Waals surface area contributed by atoms with Crippen LogP contribution in [-0.2, 0) is 6.54 Å². The number of hydrogen-bond donors (Lipinski definition) is 2. The summed E-state index contributed by atoms with van der Waals surface area (Å²) in [6.45, 7) is 1.87. The highest BCUT2D eigenvalue weighted by atomic mass is 16.2. The lowest BCUT2D eigenvalue weighted by Crippen LogP contribution is -2.31. The van der Waals surface area contributed by atoms with E-state index in [4.69, 9.17) is 5.73 Å². The van der Waals surface area contributed by atoms with Gasteiger partial charge in [0.15, 0.2) is 5.69 Å². The van der Waals surface area contributed by atoms with E-state index in [-0.39, 0.29) is 5.91 Å². The summed E-state index contributed by atoms with van der Waals surface area (Å²) in [5.41, 5.74) is 5.82. The van der Waals surface area contributed by atoms with E-state index in [9.17, 15) is 4.79 Å². The number of fused-ring (bicyclic) bond motifs is 2. The molecule has 104 valence electrons. The van der Waals surface area contributed by atoms with Gasteiger partial charge in [-0.15, -0.1) is 5.10 Å². The van der Waals surface area contributed by atoms with Crippen LogP contribution < -0.4 is 11.1 Å². The number of rotatable bonds is 5. The number of amides is 1. The van der Waals surface area contributed by atoms with Crippen LogP contribution in [0, 0.1) is 17.8 Å². The number of nitrogens with two attached hydrogens (primary N) is 1. The molecule has 3 N–H and O–H groups in total. The predicted molar refractivity (Wildman–Crippen MR) is 70.3 cm³/mol. The van der Waals surface area contributed by atoms with Gasteiger partial charge in [-0.25, -0.2) is 0 Å². The van der Waals surface area contributed by atoms with E-state index in [0.29, 0.717) is 24.7 Å². The van der Waals surface area contributed by atoms with E-state index >= 15 is 0 Å². The lowest BCUT2D eigenvalue weighted by Gasteiger charge is -2.21. The Morgan fingerprint density at radius 3 is 3.05 bits per heavy atom. The summed E-state index contributed by atoms with van der Waals surface area (Å²) >= 11 is 0. The van der Waals surface area contributed by atoms with Gasteiger partial charge in [0, 0.05) is 13.1 Å². The maximum Gasteiger partial charge on any atom is 0.273 e. The molecule has 0 aliphatic heterocycles. The van der Waals surface area contributed by atoms with Crippen molar-refractivity contribution in [2.24, 2.45) is 23.5 Å². The van der Waals surface area contributed by atoms with Crippen LogP contribution in [0.4, 0.5) is 0 Å². The lowest BCUT2D eigenvalue weighted by atomic mass is 9.89. The molecule has 1 heterocycles. The van der Waals surface area contributed by atoms with Gasteiger partial charge in [0.1, 0.15) is 0 Å². The molecule has 2 aliphatic carbocycles. The highest BCUT2D eigenvalue weighted by molar-refractivity contribution is 5.91. The van der Waals surface area contributed by atoms with E-state index in [2.05, 4.69) is 15.6 Å². The third-order valence-electron chi connectivity index (χ3n) is 4.54. The second kappa shape index (κ2) is 5.28. The summed E-state index contributed by atoms with van der Waals surface area (Å²) in [6, 6.07) is 0. The summed E-state index contributed by atoms with van der Waals surface area (Å²) in [7, 11) is 0. The Hall–Kier alpha value is -1.43. The van der Waals surface area contributed by atoms with Crippen molar-refractivity contribution in [1.29, 1.82) is 0 Å². The zero-order valence-corrected chi connectivity index (χ0v) is 11.1. The van der Waals surface area contributed by atoms with Crippen molar-refractivity contribution in [3.8, 4) is 0 Å². The number of hydrogen-bond acceptors (Lipinski definition) is 4. The van der Waals surface area contributed by atoms with Gasteiger partial charge >= 0.3 is 0 Å². The van der Waals surface area contributed by atoms with Gasteiger partial charge in [0.05, 0.1) is 12.7 Å². The molecule has 2 fully saturated rings. The highest BCUT2D eigenvalue weighted by Crippen LogP contribution is 2.47. The molecule has 0 radical (unpaired) electrons. The molecule has 1 aromatic rings. The van der Waals surface area contributed by atoms with Crippen LogP contribution in [0.15, 0.2) is 6.20 Å². The number of carbonyl (C=O) groups excluding carboxylic acids is 1. The number of nitrogens with zero attached hydrogens (tertiary/aromatic N) is 3. The average Bonchev–Trinajstić information content (AvgIpc) is 3.12. The standard InChI is InChI=1S/C13H21N5O/c14-3-4-18-8-12(16-17-18)13(19)15-7-11-6-9-1-2-10(11)5-9/h8-11H,1-7,14H2,(H,15,19). The maximum atomic E-state index is 12.0. The van der Waals surface area contributed by atoms with Gasteiger partial charge in [-0.1, -0.05) is 11.6 Å². The molecule has 6 nitrogen and oxygen atoms in total. The van der Waals surface area contributed by atoms with Crippen molar-refractivity contribution in [2.45, 2.75) is 32.2 Å². The summed E-state index contributed by atoms with van der Waals surface area (Å²) in [6.07, 6.45) is 7.04. The molecule has 0 aromatic carbocycles. The van der Waals surface area contributed by atoms with Crippen molar-refractivity contribution in [3.63, 3.8) is 0 Å². The molecule has 0 saturated heterocycles. The molecule has 2 saturated carbocycles. The Labute approximate surface area is 112 Å². The van der Waals surface area contributed by atoms with Gasteiger partial charge in [-0.3, -0.25) is 9.48 Å². The fourth-order valence-corrected chi connectivity index (χ4v) is 3.58. The molecule has 1 aromatic heterocycles. The predicted octanol–water partition coefficient (Wildman–Crippen LogP) is 0.403. The average molecular weight is 263 g/mol. The highest BCUT2D eigenvalue weighted by Gasteiger charge is 2.39. The van der Waals surface area contributed by atoms with Crippen LogP contribution in [-0.4, -0.2) is 34.0 Å². The van der Waals surface area contributed by atoms with E-state index < -0.39 is 0 Å². The van der Waals surface area contributed by atoms with Crippen molar-refractivity contribution in [2.75, 3.05) is 13.1 Å². The third kappa shape index (κ3) is 2.63. The molecular weight excluding hydrogens is 242 g/mol. The normalized spacial score (nSPS) is 28.8. The Balaban J connectivity index is 1.50. The van der Waals surface area contributed by atoms with Gasteiger partial charge in [0.2, 0.25) is 0 Å². The number of aromatic nitrogens is 3. The molecule has 3 rings (SSSR count). The van der Waals surface area contributed by atoms with Gasteiger partial charge in [-0.05, 0) is 37.0 Å². The van der Waals surface area contributed by atoms with E-state index in [1.54, 1.807) is 10.9 Å². The Bertz CT molecular complexity index is 458. The Morgan fingerprint density at radius 2 is 2.37 bits per heavy atom. The Morgan fingerprint density at radius 1 is 1.47 bits per heavy atom. The van der Waals surface area contributed by atoms with Crippen molar-refractivity contribution >= 4 is 5.91 Å². The van der Waals surface area contributed by atoms with E-state index in [1.807, 2.05) is 0 Å². The van der Waals surface area contributed by atoms with Crippen LogP contribution in [0.25, 0.3) is 0 Å². The SMILES string of the molecule is NCCn1cc(C(=O)NCC2CC3CCC2C3)nn1. The molecule has 6 heteroatoms. The summed E-state index contributed by atoms with van der Waals surface area (Å²) in [4.78, 5) is 12.0. The molecular formula is C13H21N5O. The van der Waals surface area contributed by atoms with Crippen LogP contribution in [0.1, 0.15) is 36.2 Å². The fourth-order valence-electron chi connectivity index (χ4n) is 3.58. The summed E-state index contributed by atoms with van der Waals surface area (Å²) in [5.74, 6) is 2.29. The Kier molecular flexibility index (Phi) is 3.50. The molecule has 1 amide bonds. The summed E-state index contributed by atoms with van der Waals surface area (Å²) < 4.78 is 1.60. The minimum Gasteiger partial charge on any atom is -0.350 e. The van der Waals surface area contributed by atoms with Gasteiger partial charge < -0.3 is 11.1 Å². The van der Waals surface area contributed by atoms with Crippen LogP contribution in [0.3, 0.4) is 0 Å². The molecule has 2 aliphatic rings. The van der Waals surface area contributed by atoms with E-state index in [1.165, 1.54) is 25.7 Å². The van der Waals surface area contributed by atoms with Crippen molar-refractivity contribution < 1.29 is 4.79 Å².